The molecule has 3 rings (SSSR count). The quantitative estimate of drug-likeness (QED) is 0.860. The van der Waals surface area contributed by atoms with Gasteiger partial charge >= 0.3 is 0 Å². The number of halogens is 2. The average molecular weight is 397 g/mol. The van der Waals surface area contributed by atoms with E-state index in [4.69, 9.17) is 11.6 Å². The number of hydrogen-bond donors (Lipinski definition) is 1. The average Bonchev–Trinajstić information content (AvgIpc) is 2.87. The largest absolute Gasteiger partial charge is 0.348 e. The SMILES string of the molecule is O=C(NCc1ccc(F)cc1)c1ccc(N2C(=O)CCS2(=O)=O)cc1Cl. The molecule has 2 amide bonds. The maximum absolute atomic E-state index is 12.9. The van der Waals surface area contributed by atoms with Crippen molar-refractivity contribution in [2.75, 3.05) is 10.1 Å². The fraction of sp³-hybridized carbons (Fsp3) is 0.176. The van der Waals surface area contributed by atoms with E-state index >= 15 is 0 Å². The molecule has 1 saturated heterocycles. The lowest BCUT2D eigenvalue weighted by molar-refractivity contribution is -0.116. The Morgan fingerprint density at radius 1 is 1.19 bits per heavy atom. The first-order chi connectivity index (χ1) is 12.3. The first-order valence-corrected chi connectivity index (χ1v) is 9.65. The molecule has 0 atom stereocenters. The molecule has 1 fully saturated rings. The van der Waals surface area contributed by atoms with Crippen LogP contribution in [-0.4, -0.2) is 26.0 Å². The smallest absolute Gasteiger partial charge is 0.253 e. The van der Waals surface area contributed by atoms with Crippen LogP contribution in [0.25, 0.3) is 0 Å². The number of amides is 2. The Kier molecular flexibility index (Phi) is 4.97. The topological polar surface area (TPSA) is 83.6 Å². The van der Waals surface area contributed by atoms with Gasteiger partial charge in [-0.05, 0) is 35.9 Å². The van der Waals surface area contributed by atoms with Gasteiger partial charge in [0.2, 0.25) is 15.9 Å². The number of benzene rings is 2. The van der Waals surface area contributed by atoms with Crippen molar-refractivity contribution in [3.05, 3.63) is 64.4 Å². The summed E-state index contributed by atoms with van der Waals surface area (Å²) in [6.45, 7) is 0.177. The highest BCUT2D eigenvalue weighted by Crippen LogP contribution is 2.29. The molecule has 0 aliphatic carbocycles. The monoisotopic (exact) mass is 396 g/mol. The summed E-state index contributed by atoms with van der Waals surface area (Å²) in [5.74, 6) is -1.62. The molecule has 0 saturated carbocycles. The van der Waals surface area contributed by atoms with Crippen molar-refractivity contribution >= 4 is 39.1 Å². The Morgan fingerprint density at radius 2 is 1.88 bits per heavy atom. The number of sulfonamides is 1. The van der Waals surface area contributed by atoms with Crippen molar-refractivity contribution in [2.24, 2.45) is 0 Å². The first-order valence-electron chi connectivity index (χ1n) is 7.66. The number of hydrogen-bond acceptors (Lipinski definition) is 4. The molecule has 1 heterocycles. The number of carbonyl (C=O) groups excluding carboxylic acids is 2. The molecule has 2 aromatic rings. The summed E-state index contributed by atoms with van der Waals surface area (Å²) in [5.41, 5.74) is 0.954. The van der Waals surface area contributed by atoms with Crippen molar-refractivity contribution in [3.63, 3.8) is 0 Å². The molecule has 6 nitrogen and oxygen atoms in total. The summed E-state index contributed by atoms with van der Waals surface area (Å²) in [6.07, 6.45) is -0.0835. The maximum Gasteiger partial charge on any atom is 0.253 e. The van der Waals surface area contributed by atoms with E-state index in [1.54, 1.807) is 12.1 Å². The lowest BCUT2D eigenvalue weighted by atomic mass is 10.1. The van der Waals surface area contributed by atoms with Gasteiger partial charge in [0.1, 0.15) is 5.82 Å². The minimum atomic E-state index is -3.70. The summed E-state index contributed by atoms with van der Waals surface area (Å²) in [7, 11) is -3.70. The van der Waals surface area contributed by atoms with E-state index in [2.05, 4.69) is 5.32 Å². The van der Waals surface area contributed by atoms with E-state index in [0.717, 1.165) is 0 Å². The van der Waals surface area contributed by atoms with Crippen LogP contribution in [0.2, 0.25) is 5.02 Å². The lowest BCUT2D eigenvalue weighted by Crippen LogP contribution is -2.29. The molecule has 1 aliphatic heterocycles. The van der Waals surface area contributed by atoms with Crippen LogP contribution in [0.3, 0.4) is 0 Å². The summed E-state index contributed by atoms with van der Waals surface area (Å²) in [6, 6.07) is 9.66. The Labute approximate surface area is 154 Å². The van der Waals surface area contributed by atoms with Gasteiger partial charge in [-0.3, -0.25) is 9.59 Å². The summed E-state index contributed by atoms with van der Waals surface area (Å²) < 4.78 is 37.5. The third-order valence-corrected chi connectivity index (χ3v) is 5.88. The standard InChI is InChI=1S/C17H14ClFN2O4S/c18-15-9-13(21-16(22)7-8-26(21,24)25)5-6-14(15)17(23)20-10-11-1-3-12(19)4-2-11/h1-6,9H,7-8,10H2,(H,20,23). The van der Waals surface area contributed by atoms with Crippen molar-refractivity contribution in [1.82, 2.24) is 5.32 Å². The van der Waals surface area contributed by atoms with E-state index < -0.39 is 21.8 Å². The van der Waals surface area contributed by atoms with Crippen LogP contribution in [0.15, 0.2) is 42.5 Å². The third-order valence-electron chi connectivity index (χ3n) is 3.88. The van der Waals surface area contributed by atoms with Gasteiger partial charge in [0.15, 0.2) is 0 Å². The molecule has 26 heavy (non-hydrogen) atoms. The fourth-order valence-electron chi connectivity index (χ4n) is 2.56. The van der Waals surface area contributed by atoms with E-state index in [-0.39, 0.29) is 40.8 Å². The number of rotatable bonds is 4. The Morgan fingerprint density at radius 3 is 2.46 bits per heavy atom. The molecule has 0 unspecified atom stereocenters. The van der Waals surface area contributed by atoms with Gasteiger partial charge in [-0.1, -0.05) is 23.7 Å². The Hall–Kier alpha value is -2.45. The summed E-state index contributed by atoms with van der Waals surface area (Å²) in [4.78, 5) is 24.1. The van der Waals surface area contributed by atoms with Crippen LogP contribution >= 0.6 is 11.6 Å². The first kappa shape index (κ1) is 18.3. The number of anilines is 1. The van der Waals surface area contributed by atoms with Gasteiger partial charge in [0, 0.05) is 13.0 Å². The zero-order chi connectivity index (χ0) is 18.9. The van der Waals surface area contributed by atoms with E-state index in [1.165, 1.54) is 30.3 Å². The highest BCUT2D eigenvalue weighted by Gasteiger charge is 2.36. The fourth-order valence-corrected chi connectivity index (χ4v) is 4.28. The summed E-state index contributed by atoms with van der Waals surface area (Å²) in [5, 5.41) is 2.67. The Bertz CT molecular complexity index is 977. The van der Waals surface area contributed by atoms with E-state index in [9.17, 15) is 22.4 Å². The molecule has 0 radical (unpaired) electrons. The minimum absolute atomic E-state index is 0.0222. The van der Waals surface area contributed by atoms with Gasteiger partial charge in [-0.15, -0.1) is 0 Å². The molecule has 1 N–H and O–H groups in total. The number of carbonyl (C=O) groups is 2. The predicted octanol–water partition coefficient (Wildman–Crippen LogP) is 2.48. The van der Waals surface area contributed by atoms with Crippen molar-refractivity contribution < 1.29 is 22.4 Å². The number of nitrogens with one attached hydrogen (secondary N) is 1. The van der Waals surface area contributed by atoms with Crippen LogP contribution in [0.5, 0.6) is 0 Å². The molecule has 136 valence electrons. The third kappa shape index (κ3) is 3.71. The van der Waals surface area contributed by atoms with E-state index in [1.807, 2.05) is 0 Å². The molecule has 9 heteroatoms. The Balaban J connectivity index is 1.76. The van der Waals surface area contributed by atoms with Crippen LogP contribution in [0.1, 0.15) is 22.3 Å². The van der Waals surface area contributed by atoms with Gasteiger partial charge < -0.3 is 5.32 Å². The molecule has 1 aliphatic rings. The number of nitrogens with zero attached hydrogens (tertiary/aromatic N) is 1. The molecular formula is C17H14ClFN2O4S. The lowest BCUT2D eigenvalue weighted by Gasteiger charge is -2.16. The zero-order valence-corrected chi connectivity index (χ0v) is 15.0. The van der Waals surface area contributed by atoms with Gasteiger partial charge in [-0.25, -0.2) is 17.1 Å². The van der Waals surface area contributed by atoms with Crippen LogP contribution in [-0.2, 0) is 21.4 Å². The van der Waals surface area contributed by atoms with Gasteiger partial charge in [0.05, 0.1) is 22.0 Å². The minimum Gasteiger partial charge on any atom is -0.348 e. The summed E-state index contributed by atoms with van der Waals surface area (Å²) >= 11 is 6.10. The van der Waals surface area contributed by atoms with E-state index in [0.29, 0.717) is 9.87 Å². The second-order valence-corrected chi connectivity index (χ2v) is 8.04. The highest BCUT2D eigenvalue weighted by atomic mass is 35.5. The molecule has 2 aromatic carbocycles. The molecule has 0 spiro atoms. The normalized spacial score (nSPS) is 15.9. The molecule has 0 aromatic heterocycles. The molecule has 0 bridgehead atoms. The van der Waals surface area contributed by atoms with Crippen LogP contribution in [0.4, 0.5) is 10.1 Å². The highest BCUT2D eigenvalue weighted by molar-refractivity contribution is 7.94. The molecular weight excluding hydrogens is 383 g/mol. The van der Waals surface area contributed by atoms with Gasteiger partial charge in [0.25, 0.3) is 5.91 Å². The second-order valence-electron chi connectivity index (χ2n) is 5.70. The maximum atomic E-state index is 12.9. The van der Waals surface area contributed by atoms with Crippen molar-refractivity contribution in [3.8, 4) is 0 Å². The van der Waals surface area contributed by atoms with Crippen molar-refractivity contribution in [2.45, 2.75) is 13.0 Å². The van der Waals surface area contributed by atoms with Gasteiger partial charge in [-0.2, -0.15) is 0 Å². The van der Waals surface area contributed by atoms with Crippen LogP contribution in [0, 0.1) is 5.82 Å². The second kappa shape index (κ2) is 7.05. The van der Waals surface area contributed by atoms with Crippen molar-refractivity contribution in [1.29, 1.82) is 0 Å². The zero-order valence-electron chi connectivity index (χ0n) is 13.4. The van der Waals surface area contributed by atoms with Crippen LogP contribution < -0.4 is 9.62 Å². The predicted molar refractivity (Wildman–Crippen MR) is 94.9 cm³/mol.